The van der Waals surface area contributed by atoms with Gasteiger partial charge in [0.2, 0.25) is 0 Å². The molecule has 1 aliphatic heterocycles. The number of sulfone groups is 1. The highest BCUT2D eigenvalue weighted by Crippen LogP contribution is 2.23. The lowest BCUT2D eigenvalue weighted by molar-refractivity contribution is 0.140. The van der Waals surface area contributed by atoms with Crippen LogP contribution in [-0.4, -0.2) is 57.2 Å². The molecule has 0 bridgehead atoms. The minimum atomic E-state index is -3.07. The van der Waals surface area contributed by atoms with Crippen molar-refractivity contribution in [2.75, 3.05) is 37.1 Å². The molecular formula is C14H19ClN2O4S. The van der Waals surface area contributed by atoms with Crippen LogP contribution in [0.2, 0.25) is 5.02 Å². The molecule has 1 N–H and O–H groups in total. The summed E-state index contributed by atoms with van der Waals surface area (Å²) in [7, 11) is -1.53. The van der Waals surface area contributed by atoms with E-state index in [1.165, 1.54) is 12.0 Å². The quantitative estimate of drug-likeness (QED) is 0.884. The summed E-state index contributed by atoms with van der Waals surface area (Å²) < 4.78 is 28.3. The summed E-state index contributed by atoms with van der Waals surface area (Å²) in [4.78, 5) is 14.0. The molecule has 6 nitrogen and oxygen atoms in total. The van der Waals surface area contributed by atoms with Crippen molar-refractivity contribution in [3.63, 3.8) is 0 Å². The molecule has 0 aliphatic carbocycles. The van der Waals surface area contributed by atoms with Gasteiger partial charge in [-0.1, -0.05) is 23.7 Å². The highest BCUT2D eigenvalue weighted by atomic mass is 35.5. The monoisotopic (exact) mass is 346 g/mol. The van der Waals surface area contributed by atoms with Crippen LogP contribution < -0.4 is 5.32 Å². The van der Waals surface area contributed by atoms with Crippen molar-refractivity contribution >= 4 is 33.2 Å². The zero-order valence-electron chi connectivity index (χ0n) is 12.3. The number of nitrogens with zero attached hydrogens (tertiary/aromatic N) is 1. The molecule has 22 heavy (non-hydrogen) atoms. The van der Waals surface area contributed by atoms with Gasteiger partial charge in [0.15, 0.2) is 9.84 Å². The summed E-state index contributed by atoms with van der Waals surface area (Å²) in [6.07, 6.45) is 0.446. The van der Waals surface area contributed by atoms with E-state index < -0.39 is 9.84 Å². The fourth-order valence-electron chi connectivity index (χ4n) is 2.41. The number of hydrogen-bond donors (Lipinski definition) is 1. The standard InChI is InChI=1S/C14H19ClN2O4S/c1-21-8-7-17(11-6-9-22(19,20)10-11)14(18)16-13-5-3-2-4-12(13)15/h2-5,11H,6-10H2,1H3,(H,16,18). The number of ether oxygens (including phenoxy) is 1. The van der Waals surface area contributed by atoms with E-state index in [1.807, 2.05) is 0 Å². The number of benzene rings is 1. The van der Waals surface area contributed by atoms with E-state index in [4.69, 9.17) is 16.3 Å². The van der Waals surface area contributed by atoms with Crippen LogP contribution >= 0.6 is 11.6 Å². The van der Waals surface area contributed by atoms with Crippen LogP contribution in [0.4, 0.5) is 10.5 Å². The number of methoxy groups -OCH3 is 1. The van der Waals surface area contributed by atoms with E-state index >= 15 is 0 Å². The summed E-state index contributed by atoms with van der Waals surface area (Å²) in [6.45, 7) is 0.666. The number of urea groups is 1. The van der Waals surface area contributed by atoms with Crippen molar-refractivity contribution in [1.82, 2.24) is 4.90 Å². The third-order valence-electron chi connectivity index (χ3n) is 3.56. The van der Waals surface area contributed by atoms with Gasteiger partial charge in [-0.15, -0.1) is 0 Å². The molecule has 0 spiro atoms. The van der Waals surface area contributed by atoms with Crippen molar-refractivity contribution in [3.05, 3.63) is 29.3 Å². The lowest BCUT2D eigenvalue weighted by atomic mass is 10.2. The fourth-order valence-corrected chi connectivity index (χ4v) is 4.32. The van der Waals surface area contributed by atoms with Gasteiger partial charge in [0, 0.05) is 19.7 Å². The SMILES string of the molecule is COCCN(C(=O)Nc1ccccc1Cl)C1CCS(=O)(=O)C1. The maximum Gasteiger partial charge on any atom is 0.322 e. The predicted octanol–water partition coefficient (Wildman–Crippen LogP) is 2.01. The molecule has 0 radical (unpaired) electrons. The van der Waals surface area contributed by atoms with E-state index in [0.29, 0.717) is 30.3 Å². The number of halogens is 1. The molecule has 1 atom stereocenters. The smallest absolute Gasteiger partial charge is 0.322 e. The molecule has 1 saturated heterocycles. The largest absolute Gasteiger partial charge is 0.383 e. The second-order valence-corrected chi connectivity index (χ2v) is 7.79. The number of nitrogens with one attached hydrogen (secondary N) is 1. The van der Waals surface area contributed by atoms with Crippen LogP contribution in [0.3, 0.4) is 0 Å². The molecule has 1 aromatic rings. The van der Waals surface area contributed by atoms with E-state index in [0.717, 1.165) is 0 Å². The summed E-state index contributed by atoms with van der Waals surface area (Å²) >= 11 is 6.03. The van der Waals surface area contributed by atoms with Crippen LogP contribution in [-0.2, 0) is 14.6 Å². The second kappa shape index (κ2) is 7.30. The summed E-state index contributed by atoms with van der Waals surface area (Å²) in [5.74, 6) is 0.104. The van der Waals surface area contributed by atoms with Crippen LogP contribution in [0.1, 0.15) is 6.42 Å². The van der Waals surface area contributed by atoms with Crippen LogP contribution in [0.25, 0.3) is 0 Å². The highest BCUT2D eigenvalue weighted by Gasteiger charge is 2.34. The number of carbonyl (C=O) groups excluding carboxylic acids is 1. The number of rotatable bonds is 5. The van der Waals surface area contributed by atoms with Gasteiger partial charge in [0.05, 0.1) is 28.8 Å². The zero-order chi connectivity index (χ0) is 16.2. The minimum Gasteiger partial charge on any atom is -0.383 e. The van der Waals surface area contributed by atoms with Crippen LogP contribution in [0.5, 0.6) is 0 Å². The maximum absolute atomic E-state index is 12.5. The Kier molecular flexibility index (Phi) is 5.66. The number of para-hydroxylation sites is 1. The Hall–Kier alpha value is -1.31. The fraction of sp³-hybridized carbons (Fsp3) is 0.500. The molecule has 1 heterocycles. The Bertz CT molecular complexity index is 635. The van der Waals surface area contributed by atoms with Gasteiger partial charge in [-0.2, -0.15) is 0 Å². The molecule has 2 amide bonds. The Morgan fingerprint density at radius 3 is 2.77 bits per heavy atom. The van der Waals surface area contributed by atoms with Gasteiger partial charge in [0.25, 0.3) is 0 Å². The van der Waals surface area contributed by atoms with Gasteiger partial charge < -0.3 is 15.0 Å². The van der Waals surface area contributed by atoms with Crippen molar-refractivity contribution in [2.45, 2.75) is 12.5 Å². The summed E-state index contributed by atoms with van der Waals surface area (Å²) in [5.41, 5.74) is 0.498. The summed E-state index contributed by atoms with van der Waals surface area (Å²) in [6, 6.07) is 6.21. The first-order chi connectivity index (χ1) is 10.4. The van der Waals surface area contributed by atoms with Gasteiger partial charge in [-0.25, -0.2) is 13.2 Å². The predicted molar refractivity (Wildman–Crippen MR) is 86.1 cm³/mol. The van der Waals surface area contributed by atoms with E-state index in [9.17, 15) is 13.2 Å². The van der Waals surface area contributed by atoms with Crippen molar-refractivity contribution in [3.8, 4) is 0 Å². The number of carbonyl (C=O) groups is 1. The minimum absolute atomic E-state index is 0.00729. The average Bonchev–Trinajstić information content (AvgIpc) is 2.82. The molecule has 8 heteroatoms. The van der Waals surface area contributed by atoms with Crippen LogP contribution in [0, 0.1) is 0 Å². The molecule has 122 valence electrons. The Labute approximate surface area is 135 Å². The van der Waals surface area contributed by atoms with Crippen molar-refractivity contribution in [2.24, 2.45) is 0 Å². The topological polar surface area (TPSA) is 75.7 Å². The molecule has 1 unspecified atom stereocenters. The number of hydrogen-bond acceptors (Lipinski definition) is 4. The molecule has 0 saturated carbocycles. The van der Waals surface area contributed by atoms with Gasteiger partial charge in [0.1, 0.15) is 0 Å². The first kappa shape index (κ1) is 17.1. The normalized spacial score (nSPS) is 19.8. The van der Waals surface area contributed by atoms with E-state index in [1.54, 1.807) is 24.3 Å². The van der Waals surface area contributed by atoms with E-state index in [2.05, 4.69) is 5.32 Å². The first-order valence-electron chi connectivity index (χ1n) is 6.94. The zero-order valence-corrected chi connectivity index (χ0v) is 13.9. The molecule has 1 aliphatic rings. The first-order valence-corrected chi connectivity index (χ1v) is 9.14. The second-order valence-electron chi connectivity index (χ2n) is 5.15. The Morgan fingerprint density at radius 2 is 2.18 bits per heavy atom. The highest BCUT2D eigenvalue weighted by molar-refractivity contribution is 7.91. The van der Waals surface area contributed by atoms with Crippen LogP contribution in [0.15, 0.2) is 24.3 Å². The van der Waals surface area contributed by atoms with Gasteiger partial charge in [-0.3, -0.25) is 0 Å². The molecule has 1 aromatic carbocycles. The van der Waals surface area contributed by atoms with Gasteiger partial charge in [-0.05, 0) is 18.6 Å². The Morgan fingerprint density at radius 1 is 1.45 bits per heavy atom. The summed E-state index contributed by atoms with van der Waals surface area (Å²) in [5, 5.41) is 3.16. The number of anilines is 1. The van der Waals surface area contributed by atoms with Crippen molar-refractivity contribution < 1.29 is 17.9 Å². The molecule has 1 fully saturated rings. The lowest BCUT2D eigenvalue weighted by Crippen LogP contribution is -2.45. The third-order valence-corrected chi connectivity index (χ3v) is 5.64. The molecule has 2 rings (SSSR count). The molecular weight excluding hydrogens is 328 g/mol. The van der Waals surface area contributed by atoms with Gasteiger partial charge >= 0.3 is 6.03 Å². The van der Waals surface area contributed by atoms with E-state index in [-0.39, 0.29) is 23.6 Å². The average molecular weight is 347 g/mol. The maximum atomic E-state index is 12.5. The Balaban J connectivity index is 2.11. The number of amides is 2. The third kappa shape index (κ3) is 4.34. The van der Waals surface area contributed by atoms with Crippen molar-refractivity contribution in [1.29, 1.82) is 0 Å². The lowest BCUT2D eigenvalue weighted by Gasteiger charge is -2.28. The molecule has 0 aromatic heterocycles.